The minimum Gasteiger partial charge on any atom is -0.481 e. The van der Waals surface area contributed by atoms with Gasteiger partial charge in [0.15, 0.2) is 0 Å². The topological polar surface area (TPSA) is 66.8 Å². The molecule has 0 aliphatic heterocycles. The Morgan fingerprint density at radius 2 is 1.88 bits per heavy atom. The van der Waals surface area contributed by atoms with Crippen molar-refractivity contribution in [1.82, 2.24) is 4.90 Å². The lowest BCUT2D eigenvalue weighted by Gasteiger charge is -2.24. The number of aliphatic carboxylic acids is 1. The molecule has 0 fully saturated rings. The first kappa shape index (κ1) is 14.9. The largest absolute Gasteiger partial charge is 0.481 e. The van der Waals surface area contributed by atoms with Crippen molar-refractivity contribution in [2.24, 2.45) is 0 Å². The molecule has 0 saturated heterocycles. The summed E-state index contributed by atoms with van der Waals surface area (Å²) >= 11 is 0. The molecule has 0 aliphatic carbocycles. The molecule has 0 unspecified atom stereocenters. The van der Waals surface area contributed by atoms with Gasteiger partial charge in [-0.3, -0.25) is 9.59 Å². The van der Waals surface area contributed by atoms with Crippen LogP contribution in [0.5, 0.6) is 0 Å². The molecule has 0 spiro atoms. The number of amides is 1. The number of nitrogens with zero attached hydrogens (tertiary/aromatic N) is 1. The Balaban J connectivity index is 4.06. The van der Waals surface area contributed by atoms with Gasteiger partial charge in [-0.15, -0.1) is 0 Å². The van der Waals surface area contributed by atoms with Gasteiger partial charge in [-0.25, -0.2) is 0 Å². The highest BCUT2D eigenvalue weighted by atomic mass is 16.5. The maximum absolute atomic E-state index is 11.6. The summed E-state index contributed by atoms with van der Waals surface area (Å²) in [6, 6.07) is 0. The molecular formula is C11H21NO4. The van der Waals surface area contributed by atoms with E-state index in [9.17, 15) is 9.59 Å². The molecule has 0 aromatic rings. The Morgan fingerprint density at radius 1 is 1.31 bits per heavy atom. The average molecular weight is 231 g/mol. The van der Waals surface area contributed by atoms with E-state index in [2.05, 4.69) is 0 Å². The van der Waals surface area contributed by atoms with Gasteiger partial charge in [0, 0.05) is 13.1 Å². The molecule has 5 heteroatoms. The maximum Gasteiger partial charge on any atom is 0.305 e. The summed E-state index contributed by atoms with van der Waals surface area (Å²) in [6.07, 6.45) is -0.0326. The third-order valence-electron chi connectivity index (χ3n) is 1.96. The first-order valence-electron chi connectivity index (χ1n) is 5.39. The highest BCUT2D eigenvalue weighted by Crippen LogP contribution is 2.07. The Labute approximate surface area is 96.4 Å². The molecule has 16 heavy (non-hydrogen) atoms. The molecule has 0 saturated carbocycles. The molecular weight excluding hydrogens is 210 g/mol. The molecule has 1 N–H and O–H groups in total. The van der Waals surface area contributed by atoms with Crippen molar-refractivity contribution in [3.8, 4) is 0 Å². The van der Waals surface area contributed by atoms with Crippen LogP contribution in [-0.4, -0.2) is 47.2 Å². The Kier molecular flexibility index (Phi) is 6.03. The average Bonchev–Trinajstić information content (AvgIpc) is 2.14. The Morgan fingerprint density at radius 3 is 2.25 bits per heavy atom. The molecule has 0 heterocycles. The second-order valence-electron chi connectivity index (χ2n) is 4.52. The number of hydrogen-bond donors (Lipinski definition) is 1. The minimum atomic E-state index is -0.900. The molecule has 0 bridgehead atoms. The normalized spacial score (nSPS) is 11.2. The highest BCUT2D eigenvalue weighted by molar-refractivity contribution is 5.78. The fourth-order valence-electron chi connectivity index (χ4n) is 1.06. The summed E-state index contributed by atoms with van der Waals surface area (Å²) in [5.74, 6) is -1.07. The van der Waals surface area contributed by atoms with Gasteiger partial charge in [0.2, 0.25) is 5.91 Å². The molecule has 5 nitrogen and oxygen atoms in total. The predicted molar refractivity (Wildman–Crippen MR) is 60.2 cm³/mol. The lowest BCUT2D eigenvalue weighted by molar-refractivity contribution is -0.142. The first-order valence-corrected chi connectivity index (χ1v) is 5.39. The van der Waals surface area contributed by atoms with E-state index in [4.69, 9.17) is 9.84 Å². The summed E-state index contributed by atoms with van der Waals surface area (Å²) in [6.45, 7) is 8.15. The van der Waals surface area contributed by atoms with E-state index in [0.29, 0.717) is 6.54 Å². The smallest absolute Gasteiger partial charge is 0.305 e. The minimum absolute atomic E-state index is 0.00302. The van der Waals surface area contributed by atoms with Crippen LogP contribution in [-0.2, 0) is 14.3 Å². The van der Waals surface area contributed by atoms with Crippen molar-refractivity contribution < 1.29 is 19.4 Å². The van der Waals surface area contributed by atoms with Crippen LogP contribution in [0.1, 0.15) is 34.1 Å². The number of carbonyl (C=O) groups is 2. The lowest BCUT2D eigenvalue weighted by atomic mass is 10.2. The molecule has 0 rings (SSSR count). The molecule has 94 valence electrons. The molecule has 0 aromatic heterocycles. The maximum atomic E-state index is 11.6. The summed E-state index contributed by atoms with van der Waals surface area (Å²) in [7, 11) is 0. The number of carboxylic acids is 1. The fourth-order valence-corrected chi connectivity index (χ4v) is 1.06. The zero-order chi connectivity index (χ0) is 12.8. The van der Waals surface area contributed by atoms with Crippen molar-refractivity contribution in [2.75, 3.05) is 19.7 Å². The van der Waals surface area contributed by atoms with Crippen LogP contribution in [0.3, 0.4) is 0 Å². The van der Waals surface area contributed by atoms with Gasteiger partial charge in [0.05, 0.1) is 12.0 Å². The van der Waals surface area contributed by atoms with Crippen molar-refractivity contribution in [3.63, 3.8) is 0 Å². The van der Waals surface area contributed by atoms with E-state index >= 15 is 0 Å². The van der Waals surface area contributed by atoms with Crippen LogP contribution < -0.4 is 0 Å². The summed E-state index contributed by atoms with van der Waals surface area (Å²) in [5, 5.41) is 8.53. The number of carboxylic acid groups (broad SMARTS) is 1. The summed E-state index contributed by atoms with van der Waals surface area (Å²) in [5.41, 5.74) is -0.359. The molecule has 0 atom stereocenters. The number of hydrogen-bond acceptors (Lipinski definition) is 3. The second-order valence-corrected chi connectivity index (χ2v) is 4.52. The molecule has 1 amide bonds. The number of rotatable bonds is 6. The first-order chi connectivity index (χ1) is 7.26. The monoisotopic (exact) mass is 231 g/mol. The van der Waals surface area contributed by atoms with Crippen molar-refractivity contribution in [3.05, 3.63) is 0 Å². The van der Waals surface area contributed by atoms with Gasteiger partial charge in [0.1, 0.15) is 6.61 Å². The van der Waals surface area contributed by atoms with Crippen molar-refractivity contribution in [1.29, 1.82) is 0 Å². The number of carbonyl (C=O) groups excluding carboxylic acids is 1. The van der Waals surface area contributed by atoms with Crippen molar-refractivity contribution >= 4 is 11.9 Å². The fraction of sp³-hybridized carbons (Fsp3) is 0.818. The van der Waals surface area contributed by atoms with Crippen LogP contribution in [0.2, 0.25) is 0 Å². The highest BCUT2D eigenvalue weighted by Gasteiger charge is 2.17. The van der Waals surface area contributed by atoms with E-state index in [1.165, 1.54) is 4.90 Å². The molecule has 0 aliphatic rings. The van der Waals surface area contributed by atoms with Crippen molar-refractivity contribution in [2.45, 2.75) is 39.7 Å². The molecule has 0 aromatic carbocycles. The van der Waals surface area contributed by atoms with Gasteiger partial charge >= 0.3 is 5.97 Å². The summed E-state index contributed by atoms with van der Waals surface area (Å²) in [4.78, 5) is 23.5. The van der Waals surface area contributed by atoms with Crippen LogP contribution in [0.15, 0.2) is 0 Å². The SMILES string of the molecule is CCN(CCC(=O)O)C(=O)COC(C)(C)C. The third-order valence-corrected chi connectivity index (χ3v) is 1.96. The Bertz CT molecular complexity index is 245. The van der Waals surface area contributed by atoms with Crippen LogP contribution in [0.4, 0.5) is 0 Å². The van der Waals surface area contributed by atoms with Crippen LogP contribution in [0.25, 0.3) is 0 Å². The predicted octanol–water partition coefficient (Wildman–Crippen LogP) is 1.12. The van der Waals surface area contributed by atoms with E-state index in [0.717, 1.165) is 0 Å². The standard InChI is InChI=1S/C11H21NO4/c1-5-12(7-6-10(14)15)9(13)8-16-11(2,3)4/h5-8H2,1-4H3,(H,14,15). The van der Waals surface area contributed by atoms with Gasteiger partial charge < -0.3 is 14.7 Å². The van der Waals surface area contributed by atoms with Gasteiger partial charge in [-0.2, -0.15) is 0 Å². The number of likely N-dealkylation sites (N-methyl/N-ethyl adjacent to an activating group) is 1. The number of ether oxygens (including phenoxy) is 1. The molecule has 0 radical (unpaired) electrons. The quantitative estimate of drug-likeness (QED) is 0.744. The lowest BCUT2D eigenvalue weighted by Crippen LogP contribution is -2.37. The zero-order valence-corrected chi connectivity index (χ0v) is 10.4. The van der Waals surface area contributed by atoms with Crippen LogP contribution in [0, 0.1) is 0 Å². The summed E-state index contributed by atoms with van der Waals surface area (Å²) < 4.78 is 5.34. The second kappa shape index (κ2) is 6.48. The van der Waals surface area contributed by atoms with Gasteiger partial charge in [0.25, 0.3) is 0 Å². The van der Waals surface area contributed by atoms with E-state index < -0.39 is 5.97 Å². The zero-order valence-electron chi connectivity index (χ0n) is 10.4. The van der Waals surface area contributed by atoms with E-state index in [1.54, 1.807) is 0 Å². The third kappa shape index (κ3) is 7.23. The Hall–Kier alpha value is -1.10. The van der Waals surface area contributed by atoms with Crippen LogP contribution >= 0.6 is 0 Å². The van der Waals surface area contributed by atoms with E-state index in [-0.39, 0.29) is 31.1 Å². The van der Waals surface area contributed by atoms with Gasteiger partial charge in [-0.05, 0) is 27.7 Å². The van der Waals surface area contributed by atoms with Gasteiger partial charge in [-0.1, -0.05) is 0 Å². The van der Waals surface area contributed by atoms with E-state index in [1.807, 2.05) is 27.7 Å².